The summed E-state index contributed by atoms with van der Waals surface area (Å²) in [5, 5.41) is 6.60. The van der Waals surface area contributed by atoms with Crippen molar-refractivity contribution in [1.82, 2.24) is 9.97 Å². The molecule has 0 aliphatic heterocycles. The van der Waals surface area contributed by atoms with Crippen LogP contribution >= 0.6 is 0 Å². The summed E-state index contributed by atoms with van der Waals surface area (Å²) in [5.74, 6) is 3.51. The van der Waals surface area contributed by atoms with Crippen LogP contribution in [0.5, 0.6) is 0 Å². The van der Waals surface area contributed by atoms with Crippen molar-refractivity contribution in [1.29, 1.82) is 0 Å². The number of fused-ring (bicyclic) bond motifs is 2. The van der Waals surface area contributed by atoms with Crippen LogP contribution in [0.15, 0.2) is 6.07 Å². The van der Waals surface area contributed by atoms with Gasteiger partial charge in [0.15, 0.2) is 0 Å². The minimum Gasteiger partial charge on any atom is -0.367 e. The summed E-state index contributed by atoms with van der Waals surface area (Å²) >= 11 is 0. The Hall–Kier alpha value is -1.32. The monoisotopic (exact) mass is 232 g/mol. The molecule has 2 saturated carbocycles. The molecule has 2 aliphatic rings. The molecule has 17 heavy (non-hydrogen) atoms. The zero-order valence-electron chi connectivity index (χ0n) is 10.5. The lowest BCUT2D eigenvalue weighted by Gasteiger charge is -2.23. The Labute approximate surface area is 102 Å². The third kappa shape index (κ3) is 2.08. The van der Waals surface area contributed by atoms with Crippen LogP contribution in [-0.4, -0.2) is 23.1 Å². The minimum absolute atomic E-state index is 0.632. The van der Waals surface area contributed by atoms with Crippen molar-refractivity contribution in [3.05, 3.63) is 11.8 Å². The molecule has 0 aromatic carbocycles. The molecular formula is C13H20N4. The highest BCUT2D eigenvalue weighted by molar-refractivity contribution is 5.43. The molecule has 0 saturated heterocycles. The maximum Gasteiger partial charge on any atom is 0.224 e. The van der Waals surface area contributed by atoms with Crippen molar-refractivity contribution in [2.24, 2.45) is 11.8 Å². The Morgan fingerprint density at radius 2 is 2.12 bits per heavy atom. The number of nitrogens with one attached hydrogen (secondary N) is 2. The topological polar surface area (TPSA) is 49.8 Å². The molecule has 4 nitrogen and oxygen atoms in total. The number of hydrogen-bond acceptors (Lipinski definition) is 4. The van der Waals surface area contributed by atoms with Crippen molar-refractivity contribution >= 4 is 11.8 Å². The summed E-state index contributed by atoms with van der Waals surface area (Å²) in [7, 11) is 1.86. The van der Waals surface area contributed by atoms with E-state index < -0.39 is 0 Å². The predicted molar refractivity (Wildman–Crippen MR) is 69.2 cm³/mol. The van der Waals surface area contributed by atoms with Gasteiger partial charge >= 0.3 is 0 Å². The number of nitrogens with zero attached hydrogens (tertiary/aromatic N) is 2. The van der Waals surface area contributed by atoms with E-state index in [2.05, 4.69) is 20.6 Å². The summed E-state index contributed by atoms with van der Waals surface area (Å²) in [6.07, 6.45) is 5.57. The molecule has 4 heteroatoms. The normalized spacial score (nSPS) is 30.6. The van der Waals surface area contributed by atoms with Crippen LogP contribution in [0.4, 0.5) is 11.8 Å². The minimum atomic E-state index is 0.632. The molecule has 2 bridgehead atoms. The lowest BCUT2D eigenvalue weighted by Crippen LogP contribution is -2.26. The van der Waals surface area contributed by atoms with Gasteiger partial charge in [-0.2, -0.15) is 4.98 Å². The standard InChI is InChI=1S/C13H20N4/c1-8-5-12(17-13(14-2)15-8)16-11-7-9-3-4-10(11)6-9/h5,9-11H,3-4,6-7H2,1-2H3,(H2,14,15,16,17). The van der Waals surface area contributed by atoms with Gasteiger partial charge in [0, 0.05) is 24.8 Å². The SMILES string of the molecule is CNc1nc(C)cc(NC2CC3CCC2C3)n1. The quantitative estimate of drug-likeness (QED) is 0.840. The maximum absolute atomic E-state index is 4.47. The van der Waals surface area contributed by atoms with Gasteiger partial charge < -0.3 is 10.6 Å². The van der Waals surface area contributed by atoms with Gasteiger partial charge in [-0.05, 0) is 38.0 Å². The fourth-order valence-electron chi connectivity index (χ4n) is 3.37. The van der Waals surface area contributed by atoms with Gasteiger partial charge in [-0.3, -0.25) is 0 Å². The van der Waals surface area contributed by atoms with E-state index in [1.807, 2.05) is 20.0 Å². The molecule has 1 heterocycles. The summed E-state index contributed by atoms with van der Waals surface area (Å²) < 4.78 is 0. The van der Waals surface area contributed by atoms with Crippen molar-refractivity contribution < 1.29 is 0 Å². The molecule has 3 rings (SSSR count). The molecular weight excluding hydrogens is 212 g/mol. The largest absolute Gasteiger partial charge is 0.367 e. The first-order valence-corrected chi connectivity index (χ1v) is 6.54. The molecule has 1 aromatic heterocycles. The Kier molecular flexibility index (Phi) is 2.65. The molecule has 2 fully saturated rings. The third-order valence-electron chi connectivity index (χ3n) is 4.15. The number of rotatable bonds is 3. The van der Waals surface area contributed by atoms with Gasteiger partial charge in [0.05, 0.1) is 0 Å². The van der Waals surface area contributed by atoms with E-state index in [9.17, 15) is 0 Å². The van der Waals surface area contributed by atoms with Crippen molar-refractivity contribution in [2.75, 3.05) is 17.7 Å². The molecule has 92 valence electrons. The number of anilines is 2. The van der Waals surface area contributed by atoms with Crippen LogP contribution in [0.1, 0.15) is 31.4 Å². The molecule has 3 unspecified atom stereocenters. The Morgan fingerprint density at radius 3 is 2.76 bits per heavy atom. The van der Waals surface area contributed by atoms with E-state index in [-0.39, 0.29) is 0 Å². The molecule has 3 atom stereocenters. The first-order valence-electron chi connectivity index (χ1n) is 6.54. The average Bonchev–Trinajstić information content (AvgIpc) is 2.90. The number of aromatic nitrogens is 2. The van der Waals surface area contributed by atoms with Crippen LogP contribution in [-0.2, 0) is 0 Å². The lowest BCUT2D eigenvalue weighted by atomic mass is 9.95. The van der Waals surface area contributed by atoms with E-state index in [1.165, 1.54) is 25.7 Å². The van der Waals surface area contributed by atoms with E-state index in [0.29, 0.717) is 12.0 Å². The van der Waals surface area contributed by atoms with Gasteiger partial charge in [-0.15, -0.1) is 0 Å². The molecule has 0 spiro atoms. The highest BCUT2D eigenvalue weighted by Gasteiger charge is 2.39. The fourth-order valence-corrected chi connectivity index (χ4v) is 3.37. The molecule has 2 aliphatic carbocycles. The summed E-state index contributed by atoms with van der Waals surface area (Å²) in [5.41, 5.74) is 1.01. The molecule has 2 N–H and O–H groups in total. The Balaban J connectivity index is 1.74. The Morgan fingerprint density at radius 1 is 1.24 bits per heavy atom. The van der Waals surface area contributed by atoms with Gasteiger partial charge in [0.2, 0.25) is 5.95 Å². The summed E-state index contributed by atoms with van der Waals surface area (Å²) in [6, 6.07) is 2.67. The first kappa shape index (κ1) is 10.8. The van der Waals surface area contributed by atoms with Crippen molar-refractivity contribution in [3.8, 4) is 0 Å². The molecule has 0 amide bonds. The smallest absolute Gasteiger partial charge is 0.224 e. The maximum atomic E-state index is 4.47. The lowest BCUT2D eigenvalue weighted by molar-refractivity contribution is 0.439. The highest BCUT2D eigenvalue weighted by Crippen LogP contribution is 2.45. The highest BCUT2D eigenvalue weighted by atomic mass is 15.1. The third-order valence-corrected chi connectivity index (χ3v) is 4.15. The van der Waals surface area contributed by atoms with Crippen LogP contribution in [0.3, 0.4) is 0 Å². The van der Waals surface area contributed by atoms with E-state index in [4.69, 9.17) is 0 Å². The van der Waals surface area contributed by atoms with Gasteiger partial charge in [0.25, 0.3) is 0 Å². The zero-order chi connectivity index (χ0) is 11.8. The average molecular weight is 232 g/mol. The predicted octanol–water partition coefficient (Wildman–Crippen LogP) is 2.43. The second kappa shape index (κ2) is 4.17. The van der Waals surface area contributed by atoms with E-state index in [0.717, 1.165) is 23.3 Å². The van der Waals surface area contributed by atoms with Crippen LogP contribution < -0.4 is 10.6 Å². The molecule has 1 aromatic rings. The summed E-state index contributed by atoms with van der Waals surface area (Å²) in [6.45, 7) is 2.01. The Bertz CT molecular complexity index is 418. The zero-order valence-corrected chi connectivity index (χ0v) is 10.5. The van der Waals surface area contributed by atoms with Crippen LogP contribution in [0, 0.1) is 18.8 Å². The molecule has 0 radical (unpaired) electrons. The van der Waals surface area contributed by atoms with Gasteiger partial charge in [0.1, 0.15) is 5.82 Å². The fraction of sp³-hybridized carbons (Fsp3) is 0.692. The van der Waals surface area contributed by atoms with Gasteiger partial charge in [-0.25, -0.2) is 4.98 Å². The van der Waals surface area contributed by atoms with Crippen LogP contribution in [0.2, 0.25) is 0 Å². The first-order chi connectivity index (χ1) is 8.24. The van der Waals surface area contributed by atoms with E-state index in [1.54, 1.807) is 0 Å². The van der Waals surface area contributed by atoms with Crippen LogP contribution in [0.25, 0.3) is 0 Å². The summed E-state index contributed by atoms with van der Waals surface area (Å²) in [4.78, 5) is 8.78. The number of hydrogen-bond donors (Lipinski definition) is 2. The van der Waals surface area contributed by atoms with Crippen molar-refractivity contribution in [2.45, 2.75) is 38.6 Å². The second-order valence-electron chi connectivity index (χ2n) is 5.39. The van der Waals surface area contributed by atoms with Crippen molar-refractivity contribution in [3.63, 3.8) is 0 Å². The number of aryl methyl sites for hydroxylation is 1. The van der Waals surface area contributed by atoms with Gasteiger partial charge in [-0.1, -0.05) is 6.42 Å². The second-order valence-corrected chi connectivity index (χ2v) is 5.39. The van der Waals surface area contributed by atoms with E-state index >= 15 is 0 Å².